The van der Waals surface area contributed by atoms with Crippen molar-refractivity contribution in [2.75, 3.05) is 18.1 Å². The van der Waals surface area contributed by atoms with E-state index in [-0.39, 0.29) is 11.9 Å². The fourth-order valence-corrected chi connectivity index (χ4v) is 3.90. The Morgan fingerprint density at radius 2 is 2.03 bits per heavy atom. The number of carbonyl (C=O) groups excluding carboxylic acids is 1. The molecule has 5 nitrogen and oxygen atoms in total. The Morgan fingerprint density at radius 3 is 2.86 bits per heavy atom. The van der Waals surface area contributed by atoms with E-state index in [4.69, 9.17) is 0 Å². The summed E-state index contributed by atoms with van der Waals surface area (Å²) >= 11 is 1.64. The Balaban J connectivity index is 1.54. The standard InChI is InChI=1S/C23H22N4OS/c1-29-18-8-4-7-17(12-18)27-23(28)26-14-20(16-6-5-11-24-13-16)21-15-25-22-10-3-2-9-19(21)22/h2-13,15,20,25H,14H2,1H3,(H2,26,27,28)/t20-/m1/s1. The number of nitrogens with zero attached hydrogens (tertiary/aromatic N) is 1. The highest BCUT2D eigenvalue weighted by molar-refractivity contribution is 7.98. The lowest BCUT2D eigenvalue weighted by atomic mass is 9.92. The molecule has 3 N–H and O–H groups in total. The predicted octanol–water partition coefficient (Wildman–Crippen LogP) is 5.24. The molecule has 0 radical (unpaired) electrons. The van der Waals surface area contributed by atoms with E-state index in [0.717, 1.165) is 32.6 Å². The summed E-state index contributed by atoms with van der Waals surface area (Å²) in [6.45, 7) is 0.460. The van der Waals surface area contributed by atoms with Crippen LogP contribution in [0.25, 0.3) is 10.9 Å². The zero-order chi connectivity index (χ0) is 20.1. The van der Waals surface area contributed by atoms with Crippen molar-refractivity contribution in [1.29, 1.82) is 0 Å². The number of fused-ring (bicyclic) bond motifs is 1. The van der Waals surface area contributed by atoms with Crippen LogP contribution in [0.1, 0.15) is 17.0 Å². The Labute approximate surface area is 174 Å². The van der Waals surface area contributed by atoms with Gasteiger partial charge in [-0.25, -0.2) is 4.79 Å². The molecule has 0 bridgehead atoms. The number of aromatic amines is 1. The second-order valence-corrected chi connectivity index (χ2v) is 7.58. The third-order valence-electron chi connectivity index (χ3n) is 4.88. The third kappa shape index (κ3) is 4.43. The van der Waals surface area contributed by atoms with Gasteiger partial charge >= 0.3 is 6.03 Å². The quantitative estimate of drug-likeness (QED) is 0.386. The number of benzene rings is 2. The van der Waals surface area contributed by atoms with Gasteiger partial charge in [-0.05, 0) is 47.7 Å². The lowest BCUT2D eigenvalue weighted by Crippen LogP contribution is -2.32. The van der Waals surface area contributed by atoms with Crippen molar-refractivity contribution in [1.82, 2.24) is 15.3 Å². The molecule has 4 aromatic rings. The summed E-state index contributed by atoms with van der Waals surface area (Å²) in [5.41, 5.74) is 4.05. The number of amides is 2. The number of H-pyrrole nitrogens is 1. The molecule has 29 heavy (non-hydrogen) atoms. The van der Waals surface area contributed by atoms with Crippen molar-refractivity contribution in [2.24, 2.45) is 0 Å². The number of hydrogen-bond donors (Lipinski definition) is 3. The highest BCUT2D eigenvalue weighted by Crippen LogP contribution is 2.30. The van der Waals surface area contributed by atoms with Crippen LogP contribution in [0.3, 0.4) is 0 Å². The van der Waals surface area contributed by atoms with Gasteiger partial charge in [-0.3, -0.25) is 4.98 Å². The summed E-state index contributed by atoms with van der Waals surface area (Å²) in [6, 6.07) is 19.7. The van der Waals surface area contributed by atoms with Gasteiger partial charge in [0.1, 0.15) is 0 Å². The van der Waals surface area contributed by atoms with E-state index in [2.05, 4.69) is 32.7 Å². The molecular formula is C23H22N4OS. The molecule has 0 saturated carbocycles. The molecule has 0 unspecified atom stereocenters. The van der Waals surface area contributed by atoms with Gasteiger partial charge in [0.25, 0.3) is 0 Å². The van der Waals surface area contributed by atoms with E-state index in [9.17, 15) is 4.79 Å². The molecule has 6 heteroatoms. The van der Waals surface area contributed by atoms with Crippen LogP contribution in [0, 0.1) is 0 Å². The number of anilines is 1. The summed E-state index contributed by atoms with van der Waals surface area (Å²) in [6.07, 6.45) is 7.64. The molecule has 0 aliphatic heterocycles. The fraction of sp³-hybridized carbons (Fsp3) is 0.130. The van der Waals surface area contributed by atoms with Gasteiger partial charge in [0, 0.05) is 52.5 Å². The van der Waals surface area contributed by atoms with Gasteiger partial charge in [0.05, 0.1) is 0 Å². The predicted molar refractivity (Wildman–Crippen MR) is 120 cm³/mol. The second-order valence-electron chi connectivity index (χ2n) is 6.70. The van der Waals surface area contributed by atoms with Crippen LogP contribution in [0.15, 0.2) is 84.1 Å². The zero-order valence-electron chi connectivity index (χ0n) is 16.1. The molecule has 2 heterocycles. The minimum absolute atomic E-state index is 0.0110. The molecule has 2 amide bonds. The van der Waals surface area contributed by atoms with Gasteiger partial charge in [-0.2, -0.15) is 0 Å². The summed E-state index contributed by atoms with van der Waals surface area (Å²) in [4.78, 5) is 21.2. The molecule has 0 aliphatic carbocycles. The highest BCUT2D eigenvalue weighted by atomic mass is 32.2. The molecule has 146 valence electrons. The molecule has 1 atom stereocenters. The largest absolute Gasteiger partial charge is 0.361 e. The number of pyridine rings is 1. The fourth-order valence-electron chi connectivity index (χ4n) is 3.44. The first-order valence-electron chi connectivity index (χ1n) is 9.39. The van der Waals surface area contributed by atoms with E-state index >= 15 is 0 Å². The zero-order valence-corrected chi connectivity index (χ0v) is 16.9. The molecular weight excluding hydrogens is 380 g/mol. The molecule has 4 rings (SSSR count). The minimum atomic E-state index is -0.225. The number of carbonyl (C=O) groups is 1. The van der Waals surface area contributed by atoms with E-state index in [1.165, 1.54) is 0 Å². The minimum Gasteiger partial charge on any atom is -0.361 e. The number of thioether (sulfide) groups is 1. The Kier molecular flexibility index (Phi) is 5.81. The second kappa shape index (κ2) is 8.84. The van der Waals surface area contributed by atoms with Crippen molar-refractivity contribution in [2.45, 2.75) is 10.8 Å². The monoisotopic (exact) mass is 402 g/mol. The normalized spacial score (nSPS) is 11.9. The third-order valence-corrected chi connectivity index (χ3v) is 5.60. The van der Waals surface area contributed by atoms with Gasteiger partial charge in [-0.1, -0.05) is 30.3 Å². The number of urea groups is 1. The van der Waals surface area contributed by atoms with Crippen LogP contribution >= 0.6 is 11.8 Å². The summed E-state index contributed by atoms with van der Waals surface area (Å²) in [7, 11) is 0. The lowest BCUT2D eigenvalue weighted by molar-refractivity contribution is 0.252. The van der Waals surface area contributed by atoms with Gasteiger partial charge in [0.15, 0.2) is 0 Å². The first kappa shape index (κ1) is 19.1. The molecule has 0 fully saturated rings. The average Bonchev–Trinajstić information content (AvgIpc) is 3.19. The Hall–Kier alpha value is -3.25. The van der Waals surface area contributed by atoms with Gasteiger partial charge in [0.2, 0.25) is 0 Å². The first-order valence-corrected chi connectivity index (χ1v) is 10.6. The molecule has 2 aromatic carbocycles. The SMILES string of the molecule is CSc1cccc(NC(=O)NC[C@H](c2cccnc2)c2c[nH]c3ccccc23)c1. The molecule has 0 aliphatic rings. The van der Waals surface area contributed by atoms with E-state index in [0.29, 0.717) is 6.54 Å². The summed E-state index contributed by atoms with van der Waals surface area (Å²) < 4.78 is 0. The number of rotatable bonds is 6. The van der Waals surface area contributed by atoms with Crippen LogP contribution in [-0.4, -0.2) is 28.8 Å². The maximum atomic E-state index is 12.5. The van der Waals surface area contributed by atoms with Crippen LogP contribution in [-0.2, 0) is 0 Å². The number of para-hydroxylation sites is 1. The van der Waals surface area contributed by atoms with E-state index < -0.39 is 0 Å². The van der Waals surface area contributed by atoms with Crippen molar-refractivity contribution in [3.63, 3.8) is 0 Å². The smallest absolute Gasteiger partial charge is 0.319 e. The maximum Gasteiger partial charge on any atom is 0.319 e. The van der Waals surface area contributed by atoms with Crippen LogP contribution in [0.4, 0.5) is 10.5 Å². The molecule has 0 saturated heterocycles. The van der Waals surface area contributed by atoms with Gasteiger partial charge < -0.3 is 15.6 Å². The summed E-state index contributed by atoms with van der Waals surface area (Å²) in [5, 5.41) is 7.09. The van der Waals surface area contributed by atoms with Crippen LogP contribution in [0.2, 0.25) is 0 Å². The van der Waals surface area contributed by atoms with Gasteiger partial charge in [-0.15, -0.1) is 11.8 Å². The highest BCUT2D eigenvalue weighted by Gasteiger charge is 2.19. The average molecular weight is 403 g/mol. The van der Waals surface area contributed by atoms with Crippen LogP contribution in [0.5, 0.6) is 0 Å². The maximum absolute atomic E-state index is 12.5. The molecule has 0 spiro atoms. The summed E-state index contributed by atoms with van der Waals surface area (Å²) in [5.74, 6) is -0.0110. The Morgan fingerprint density at radius 1 is 1.14 bits per heavy atom. The first-order chi connectivity index (χ1) is 14.2. The molecule has 2 aromatic heterocycles. The van der Waals surface area contributed by atoms with Crippen molar-refractivity contribution in [3.05, 3.63) is 90.4 Å². The number of aromatic nitrogens is 2. The number of hydrogen-bond acceptors (Lipinski definition) is 3. The van der Waals surface area contributed by atoms with E-state index in [1.54, 1.807) is 18.0 Å². The number of nitrogens with one attached hydrogen (secondary N) is 3. The lowest BCUT2D eigenvalue weighted by Gasteiger charge is -2.18. The van der Waals surface area contributed by atoms with Crippen molar-refractivity contribution >= 4 is 34.4 Å². The van der Waals surface area contributed by atoms with E-state index in [1.807, 2.05) is 67.2 Å². The Bertz CT molecular complexity index is 1110. The van der Waals surface area contributed by atoms with Crippen molar-refractivity contribution in [3.8, 4) is 0 Å². The van der Waals surface area contributed by atoms with Crippen LogP contribution < -0.4 is 10.6 Å². The van der Waals surface area contributed by atoms with Crippen molar-refractivity contribution < 1.29 is 4.79 Å². The topological polar surface area (TPSA) is 69.8 Å².